The summed E-state index contributed by atoms with van der Waals surface area (Å²) in [4.78, 5) is 22.6. The van der Waals surface area contributed by atoms with Gasteiger partial charge in [0.05, 0.1) is 17.4 Å². The Hall–Kier alpha value is -3.46. The molecule has 5 rings (SSSR count). The van der Waals surface area contributed by atoms with E-state index in [4.69, 9.17) is 9.97 Å². The molecule has 1 unspecified atom stereocenters. The Kier molecular flexibility index (Phi) is 7.15. The highest BCUT2D eigenvalue weighted by molar-refractivity contribution is 5.93. The quantitative estimate of drug-likeness (QED) is 0.277. The maximum absolute atomic E-state index is 14.1. The van der Waals surface area contributed by atoms with Gasteiger partial charge in [0.15, 0.2) is 5.82 Å². The first-order valence-electron chi connectivity index (χ1n) is 13.1. The van der Waals surface area contributed by atoms with Gasteiger partial charge in [-0.15, -0.1) is 0 Å². The molecule has 0 amide bonds. The lowest BCUT2D eigenvalue weighted by molar-refractivity contribution is 0.236. The lowest BCUT2D eigenvalue weighted by Crippen LogP contribution is -2.49. The molecular formula is C28H35FN8. The average molecular weight is 503 g/mol. The molecule has 9 heteroatoms. The number of allylic oxidation sites excluding steroid dienone is 1. The van der Waals surface area contributed by atoms with Gasteiger partial charge in [-0.2, -0.15) is 4.39 Å². The number of nitrogens with one attached hydrogen (secondary N) is 3. The van der Waals surface area contributed by atoms with Crippen LogP contribution >= 0.6 is 0 Å². The second-order valence-corrected chi connectivity index (χ2v) is 10.7. The van der Waals surface area contributed by atoms with Gasteiger partial charge in [0.2, 0.25) is 5.95 Å². The zero-order valence-corrected chi connectivity index (χ0v) is 22.0. The van der Waals surface area contributed by atoms with Crippen LogP contribution in [0.4, 0.5) is 16.0 Å². The Morgan fingerprint density at radius 1 is 1.22 bits per heavy atom. The van der Waals surface area contributed by atoms with E-state index in [1.807, 2.05) is 24.5 Å². The second-order valence-electron chi connectivity index (χ2n) is 10.7. The van der Waals surface area contributed by atoms with Gasteiger partial charge in [-0.05, 0) is 68.7 Å². The molecule has 194 valence electrons. The minimum atomic E-state index is -0.581. The normalized spacial score (nSPS) is 20.5. The molecule has 37 heavy (non-hydrogen) atoms. The number of hydrogen-bond acceptors (Lipinski definition) is 8. The van der Waals surface area contributed by atoms with Crippen molar-refractivity contribution in [2.75, 3.05) is 23.7 Å². The van der Waals surface area contributed by atoms with Gasteiger partial charge in [-0.1, -0.05) is 20.3 Å². The number of pyridine rings is 2. The van der Waals surface area contributed by atoms with Gasteiger partial charge in [-0.25, -0.2) is 19.9 Å². The lowest BCUT2D eigenvalue weighted by Gasteiger charge is -2.40. The summed E-state index contributed by atoms with van der Waals surface area (Å²) in [5.74, 6) is 1.85. The molecule has 8 nitrogen and oxygen atoms in total. The van der Waals surface area contributed by atoms with Crippen molar-refractivity contribution in [3.63, 3.8) is 0 Å². The molecule has 0 spiro atoms. The SMILES string of the molecule is C/C=N\C(F)=C(/C)Nc1cc(-c2nc(NC3CCNCC3(C)C)c3c(C4CCC4)cncc3n2)ccn1. The van der Waals surface area contributed by atoms with E-state index in [0.717, 1.165) is 41.8 Å². The molecular weight excluding hydrogens is 467 g/mol. The summed E-state index contributed by atoms with van der Waals surface area (Å²) >= 11 is 0. The van der Waals surface area contributed by atoms with E-state index in [9.17, 15) is 4.39 Å². The van der Waals surface area contributed by atoms with Gasteiger partial charge >= 0.3 is 0 Å². The molecule has 3 aromatic heterocycles. The number of rotatable bonds is 7. The third-order valence-electron chi connectivity index (χ3n) is 7.51. The summed E-state index contributed by atoms with van der Waals surface area (Å²) in [5.41, 5.74) is 3.20. The zero-order chi connectivity index (χ0) is 26.0. The van der Waals surface area contributed by atoms with Crippen LogP contribution in [0.3, 0.4) is 0 Å². The van der Waals surface area contributed by atoms with Gasteiger partial charge in [0.1, 0.15) is 11.6 Å². The average Bonchev–Trinajstić information content (AvgIpc) is 2.84. The van der Waals surface area contributed by atoms with E-state index in [1.165, 1.54) is 31.0 Å². The molecule has 4 heterocycles. The molecule has 2 fully saturated rings. The largest absolute Gasteiger partial charge is 0.366 e. The summed E-state index contributed by atoms with van der Waals surface area (Å²) in [7, 11) is 0. The highest BCUT2D eigenvalue weighted by Gasteiger charge is 2.33. The van der Waals surface area contributed by atoms with Crippen LogP contribution in [0, 0.1) is 5.41 Å². The van der Waals surface area contributed by atoms with Crippen LogP contribution < -0.4 is 16.0 Å². The summed E-state index contributed by atoms with van der Waals surface area (Å²) < 4.78 is 14.1. The van der Waals surface area contributed by atoms with Gasteiger partial charge in [-0.3, -0.25) is 4.98 Å². The standard InChI is InChI=1S/C28H35FN8/c1-5-32-25(29)17(2)34-23-13-19(9-12-33-23)26-35-21-15-31-14-20(18-7-6-8-18)24(21)27(37-26)36-22-10-11-30-16-28(22,3)4/h5,9,12-15,18,22,30H,6-8,10-11,16H2,1-4H3,(H,33,34)(H,35,36,37)/b25-17+,32-5-. The number of piperidine rings is 1. The summed E-state index contributed by atoms with van der Waals surface area (Å²) in [6.07, 6.45) is 11.5. The minimum absolute atomic E-state index is 0.0714. The molecule has 1 atom stereocenters. The smallest absolute Gasteiger partial charge is 0.231 e. The third-order valence-corrected chi connectivity index (χ3v) is 7.51. The Morgan fingerprint density at radius 3 is 2.78 bits per heavy atom. The molecule has 1 aliphatic carbocycles. The van der Waals surface area contributed by atoms with Crippen LogP contribution in [0.25, 0.3) is 22.3 Å². The van der Waals surface area contributed by atoms with Crippen LogP contribution in [0.5, 0.6) is 0 Å². The fourth-order valence-electron chi connectivity index (χ4n) is 5.07. The number of aliphatic imine (C=N–C) groups is 1. The molecule has 3 aromatic rings. The number of halogens is 1. The van der Waals surface area contributed by atoms with Gasteiger partial charge < -0.3 is 16.0 Å². The Balaban J connectivity index is 1.58. The van der Waals surface area contributed by atoms with Crippen LogP contribution in [-0.2, 0) is 0 Å². The number of anilines is 2. The topological polar surface area (TPSA) is 100 Å². The molecule has 1 saturated carbocycles. The van der Waals surface area contributed by atoms with Crippen molar-refractivity contribution in [2.24, 2.45) is 10.4 Å². The van der Waals surface area contributed by atoms with E-state index in [0.29, 0.717) is 17.6 Å². The zero-order valence-electron chi connectivity index (χ0n) is 22.0. The second kappa shape index (κ2) is 10.5. The molecule has 0 bridgehead atoms. The summed E-state index contributed by atoms with van der Waals surface area (Å²) in [6, 6.07) is 3.97. The maximum Gasteiger partial charge on any atom is 0.231 e. The Labute approximate surface area is 217 Å². The number of hydrogen-bond donors (Lipinski definition) is 3. The van der Waals surface area contributed by atoms with Crippen LogP contribution in [0.2, 0.25) is 0 Å². The first-order chi connectivity index (χ1) is 17.9. The van der Waals surface area contributed by atoms with Crippen molar-refractivity contribution in [1.29, 1.82) is 0 Å². The highest BCUT2D eigenvalue weighted by Crippen LogP contribution is 2.42. The third kappa shape index (κ3) is 5.32. The van der Waals surface area contributed by atoms with Crippen molar-refractivity contribution in [3.8, 4) is 11.4 Å². The molecule has 0 radical (unpaired) electrons. The molecule has 1 saturated heterocycles. The molecule has 1 aliphatic heterocycles. The molecule has 0 aromatic carbocycles. The van der Waals surface area contributed by atoms with Crippen LogP contribution in [-0.4, -0.2) is 45.3 Å². The van der Waals surface area contributed by atoms with E-state index in [-0.39, 0.29) is 17.2 Å². The monoisotopic (exact) mass is 502 g/mol. The lowest BCUT2D eigenvalue weighted by atomic mass is 9.78. The fraction of sp³-hybridized carbons (Fsp3) is 0.464. The van der Waals surface area contributed by atoms with E-state index in [1.54, 1.807) is 20.0 Å². The fourth-order valence-corrected chi connectivity index (χ4v) is 5.07. The predicted octanol–water partition coefficient (Wildman–Crippen LogP) is 5.82. The van der Waals surface area contributed by atoms with E-state index in [2.05, 4.69) is 44.8 Å². The number of aromatic nitrogens is 4. The summed E-state index contributed by atoms with van der Waals surface area (Å²) in [5, 5.41) is 11.4. The highest BCUT2D eigenvalue weighted by atomic mass is 19.1. The molecule has 3 N–H and O–H groups in total. The number of nitrogens with zero attached hydrogens (tertiary/aromatic N) is 5. The first-order valence-corrected chi connectivity index (χ1v) is 13.1. The van der Waals surface area contributed by atoms with Crippen LogP contribution in [0.15, 0.2) is 47.4 Å². The van der Waals surface area contributed by atoms with Crippen molar-refractivity contribution in [1.82, 2.24) is 25.3 Å². The predicted molar refractivity (Wildman–Crippen MR) is 147 cm³/mol. The van der Waals surface area contributed by atoms with Gasteiger partial charge in [0, 0.05) is 42.1 Å². The van der Waals surface area contributed by atoms with E-state index < -0.39 is 5.95 Å². The van der Waals surface area contributed by atoms with Crippen molar-refractivity contribution < 1.29 is 4.39 Å². The van der Waals surface area contributed by atoms with Crippen LogP contribution in [0.1, 0.15) is 64.9 Å². The Morgan fingerprint density at radius 2 is 2.05 bits per heavy atom. The summed E-state index contributed by atoms with van der Waals surface area (Å²) in [6.45, 7) is 9.79. The minimum Gasteiger partial charge on any atom is -0.366 e. The Bertz CT molecular complexity index is 1350. The van der Waals surface area contributed by atoms with Crippen molar-refractivity contribution in [2.45, 2.75) is 65.3 Å². The van der Waals surface area contributed by atoms with E-state index >= 15 is 0 Å². The van der Waals surface area contributed by atoms with Gasteiger partial charge in [0.25, 0.3) is 0 Å². The maximum atomic E-state index is 14.1. The van der Waals surface area contributed by atoms with Crippen molar-refractivity contribution >= 4 is 28.8 Å². The first kappa shape index (κ1) is 25.2. The van der Waals surface area contributed by atoms with Crippen molar-refractivity contribution in [3.05, 3.63) is 47.9 Å². The molecule has 2 aliphatic rings. The number of fused-ring (bicyclic) bond motifs is 1.